The van der Waals surface area contributed by atoms with Gasteiger partial charge in [0.15, 0.2) is 5.82 Å². The molecule has 3 aromatic rings. The summed E-state index contributed by atoms with van der Waals surface area (Å²) in [4.78, 5) is 48.1. The maximum Gasteiger partial charge on any atom is 0.321 e. The quantitative estimate of drug-likeness (QED) is 0.0701. The number of hydrogen-bond acceptors (Lipinski definition) is 13. The van der Waals surface area contributed by atoms with Gasteiger partial charge in [0, 0.05) is 76.3 Å². The van der Waals surface area contributed by atoms with Gasteiger partial charge in [-0.05, 0) is 24.1 Å². The zero-order chi connectivity index (χ0) is 36.6. The number of aldehydes is 1. The van der Waals surface area contributed by atoms with Gasteiger partial charge < -0.3 is 46.0 Å². The fourth-order valence-electron chi connectivity index (χ4n) is 5.88. The second kappa shape index (κ2) is 20.8. The number of carbonyl (C=O) groups is 3. The number of nitrogens with one attached hydrogen (secondary N) is 2. The average Bonchev–Trinajstić information content (AvgIpc) is 3.52. The van der Waals surface area contributed by atoms with Gasteiger partial charge in [-0.2, -0.15) is 4.98 Å². The van der Waals surface area contributed by atoms with Crippen molar-refractivity contribution in [1.82, 2.24) is 29.7 Å². The molecule has 1 aromatic carbocycles. The molecule has 4 rings (SSSR count). The van der Waals surface area contributed by atoms with Crippen LogP contribution in [0.15, 0.2) is 30.5 Å². The van der Waals surface area contributed by atoms with Gasteiger partial charge >= 0.3 is 5.97 Å². The van der Waals surface area contributed by atoms with Crippen LogP contribution in [0.25, 0.3) is 11.0 Å². The summed E-state index contributed by atoms with van der Waals surface area (Å²) in [6.45, 7) is 10.2. The third-order valence-corrected chi connectivity index (χ3v) is 10.1. The molecule has 51 heavy (non-hydrogen) atoms. The Bertz CT molecular complexity index is 1570. The zero-order valence-electron chi connectivity index (χ0n) is 29.7. The molecule has 2 unspecified atom stereocenters. The van der Waals surface area contributed by atoms with Crippen LogP contribution in [0.3, 0.4) is 0 Å². The summed E-state index contributed by atoms with van der Waals surface area (Å²) < 4.78 is 13.7. The highest BCUT2D eigenvalue weighted by molar-refractivity contribution is 8.00. The van der Waals surface area contributed by atoms with Crippen LogP contribution in [-0.2, 0) is 32.2 Å². The van der Waals surface area contributed by atoms with Gasteiger partial charge in [0.05, 0.1) is 37.6 Å². The number of piperazine rings is 1. The number of aromatic nitrogens is 3. The Morgan fingerprint density at radius 2 is 1.86 bits per heavy atom. The lowest BCUT2D eigenvalue weighted by Crippen LogP contribution is -2.46. The van der Waals surface area contributed by atoms with E-state index in [-0.39, 0.29) is 24.0 Å². The molecule has 3 heterocycles. The molecule has 2 atom stereocenters. The minimum absolute atomic E-state index is 0.00851. The summed E-state index contributed by atoms with van der Waals surface area (Å²) in [5, 5.41) is 14.5. The van der Waals surface area contributed by atoms with E-state index >= 15 is 0 Å². The van der Waals surface area contributed by atoms with Crippen molar-refractivity contribution in [2.45, 2.75) is 57.0 Å². The lowest BCUT2D eigenvalue weighted by molar-refractivity contribution is -0.138. The number of hydrogen-bond donors (Lipinski definition) is 5. The summed E-state index contributed by atoms with van der Waals surface area (Å²) in [6, 6.07) is 7.32. The fraction of sp³-hybridized carbons (Fsp3) is 0.571. The second-order valence-electron chi connectivity index (χ2n) is 12.6. The Hall–Kier alpha value is -3.96. The number of aliphatic carboxylic acids is 1. The number of thioether (sulfide) groups is 1. The molecular formula is C35H53N9O6S. The minimum atomic E-state index is -1.14. The molecule has 0 bridgehead atoms. The summed E-state index contributed by atoms with van der Waals surface area (Å²) in [5.74, 6) is 0.429. The first-order chi connectivity index (χ1) is 24.7. The lowest BCUT2D eigenvalue weighted by Gasteiger charge is -2.34. The van der Waals surface area contributed by atoms with E-state index in [9.17, 15) is 14.4 Å². The highest BCUT2D eigenvalue weighted by atomic mass is 32.2. The second-order valence-corrected chi connectivity index (χ2v) is 13.8. The average molecular weight is 728 g/mol. The van der Waals surface area contributed by atoms with Crippen molar-refractivity contribution in [2.24, 2.45) is 5.73 Å². The summed E-state index contributed by atoms with van der Waals surface area (Å²) in [6.07, 6.45) is 6.03. The Kier molecular flexibility index (Phi) is 16.2. The standard InChI is InChI=1S/C35H53N9O6S/c1-3-4-5-10-38-32-31-28(40-35(37)41-32)8-12-44(31)23-26-7-6-25(21-29(26)49-2)22-43-15-13-42(14-16-43)17-20-50-19-11-39-33(46)30(9-18-45)51-24-27(36)34(47)48/h6-8,12,18,21,27,30H,3-5,9-11,13-17,19-20,22-24,36H2,1-2H3,(H,39,46)(H,47,48)(H3,37,38,40,41). The largest absolute Gasteiger partial charge is 0.496 e. The molecule has 280 valence electrons. The summed E-state index contributed by atoms with van der Waals surface area (Å²) in [5.41, 5.74) is 15.5. The normalized spacial score (nSPS) is 15.0. The number of rotatable bonds is 23. The molecule has 1 fully saturated rings. The van der Waals surface area contributed by atoms with Crippen LogP contribution >= 0.6 is 11.8 Å². The van der Waals surface area contributed by atoms with E-state index in [4.69, 9.17) is 26.0 Å². The number of methoxy groups -OCH3 is 1. The molecule has 2 aromatic heterocycles. The first-order valence-corrected chi connectivity index (χ1v) is 18.6. The van der Waals surface area contributed by atoms with Crippen LogP contribution < -0.4 is 26.8 Å². The first-order valence-electron chi connectivity index (χ1n) is 17.6. The van der Waals surface area contributed by atoms with Gasteiger partial charge in [0.2, 0.25) is 11.9 Å². The van der Waals surface area contributed by atoms with E-state index < -0.39 is 17.3 Å². The molecular weight excluding hydrogens is 675 g/mol. The van der Waals surface area contributed by atoms with Gasteiger partial charge in [0.1, 0.15) is 23.6 Å². The van der Waals surface area contributed by atoms with Crippen molar-refractivity contribution >= 4 is 52.7 Å². The highest BCUT2D eigenvalue weighted by Gasteiger charge is 2.22. The molecule has 16 heteroatoms. The van der Waals surface area contributed by atoms with Gasteiger partial charge in [-0.25, -0.2) is 4.98 Å². The Morgan fingerprint density at radius 1 is 1.08 bits per heavy atom. The van der Waals surface area contributed by atoms with Gasteiger partial charge in [-0.1, -0.05) is 31.9 Å². The molecule has 0 spiro atoms. The van der Waals surface area contributed by atoms with E-state index in [1.54, 1.807) is 7.11 Å². The summed E-state index contributed by atoms with van der Waals surface area (Å²) in [7, 11) is 1.71. The van der Waals surface area contributed by atoms with E-state index in [1.807, 2.05) is 12.3 Å². The number of benzene rings is 1. The molecule has 1 amide bonds. The van der Waals surface area contributed by atoms with Gasteiger partial charge in [-0.3, -0.25) is 19.4 Å². The first kappa shape index (κ1) is 39.8. The van der Waals surface area contributed by atoms with E-state index in [0.717, 1.165) is 105 Å². The third kappa shape index (κ3) is 12.3. The van der Waals surface area contributed by atoms with Crippen LogP contribution in [0.1, 0.15) is 43.7 Å². The number of nitrogen functional groups attached to an aromatic ring is 1. The minimum Gasteiger partial charge on any atom is -0.496 e. The maximum absolute atomic E-state index is 12.4. The topological polar surface area (TPSA) is 203 Å². The molecule has 0 saturated carbocycles. The number of ether oxygens (including phenoxy) is 2. The number of unbranched alkanes of at least 4 members (excludes halogenated alkanes) is 2. The SMILES string of the molecule is CCCCCNc1nc(N)nc2ccn(Cc3ccc(CN4CCN(CCOCCNC(=O)C(CC=O)SCC(N)C(=O)O)CC4)cc3OC)c12. The molecule has 1 aliphatic rings. The Labute approximate surface area is 303 Å². The van der Waals surface area contributed by atoms with Crippen molar-refractivity contribution in [2.75, 3.05) is 82.9 Å². The van der Waals surface area contributed by atoms with Crippen molar-refractivity contribution < 1.29 is 29.0 Å². The highest BCUT2D eigenvalue weighted by Crippen LogP contribution is 2.27. The fourth-order valence-corrected chi connectivity index (χ4v) is 6.91. The number of amides is 1. The molecule has 0 aliphatic carbocycles. The molecule has 1 saturated heterocycles. The number of carbonyl (C=O) groups excluding carboxylic acids is 2. The van der Waals surface area contributed by atoms with Gasteiger partial charge in [0.25, 0.3) is 0 Å². The lowest BCUT2D eigenvalue weighted by atomic mass is 10.1. The van der Waals surface area contributed by atoms with Crippen molar-refractivity contribution in [3.05, 3.63) is 41.6 Å². The Morgan fingerprint density at radius 3 is 2.59 bits per heavy atom. The monoisotopic (exact) mass is 727 g/mol. The van der Waals surface area contributed by atoms with Crippen LogP contribution in [0.5, 0.6) is 5.75 Å². The molecule has 15 nitrogen and oxygen atoms in total. The number of anilines is 2. The smallest absolute Gasteiger partial charge is 0.321 e. The molecule has 1 aliphatic heterocycles. The summed E-state index contributed by atoms with van der Waals surface area (Å²) >= 11 is 1.07. The van der Waals surface area contributed by atoms with Crippen LogP contribution in [0, 0.1) is 0 Å². The van der Waals surface area contributed by atoms with E-state index in [1.165, 1.54) is 5.56 Å². The van der Waals surface area contributed by atoms with Crippen LogP contribution in [-0.4, -0.2) is 131 Å². The third-order valence-electron chi connectivity index (χ3n) is 8.76. The van der Waals surface area contributed by atoms with Crippen molar-refractivity contribution in [1.29, 1.82) is 0 Å². The maximum atomic E-state index is 12.4. The molecule has 7 N–H and O–H groups in total. The zero-order valence-corrected chi connectivity index (χ0v) is 30.5. The predicted molar refractivity (Wildman–Crippen MR) is 200 cm³/mol. The number of nitrogens with two attached hydrogens (primary N) is 2. The molecule has 0 radical (unpaired) electrons. The van der Waals surface area contributed by atoms with Crippen LogP contribution in [0.2, 0.25) is 0 Å². The number of carboxylic acid groups (broad SMARTS) is 1. The van der Waals surface area contributed by atoms with E-state index in [0.29, 0.717) is 32.6 Å². The van der Waals surface area contributed by atoms with E-state index in [2.05, 4.69) is 60.1 Å². The predicted octanol–water partition coefficient (Wildman–Crippen LogP) is 2.03. The van der Waals surface area contributed by atoms with Crippen molar-refractivity contribution in [3.8, 4) is 5.75 Å². The number of fused-ring (bicyclic) bond motifs is 1. The van der Waals surface area contributed by atoms with Gasteiger partial charge in [-0.15, -0.1) is 11.8 Å². The number of nitrogens with zero attached hydrogens (tertiary/aromatic N) is 5. The Balaban J connectivity index is 1.19. The van der Waals surface area contributed by atoms with Crippen molar-refractivity contribution in [3.63, 3.8) is 0 Å². The van der Waals surface area contributed by atoms with Crippen LogP contribution in [0.4, 0.5) is 11.8 Å². The number of carboxylic acids is 1.